The molecular weight excluding hydrogens is 851 g/mol. The van der Waals surface area contributed by atoms with Crippen molar-refractivity contribution in [2.24, 2.45) is 0 Å². The molecule has 0 radical (unpaired) electrons. The van der Waals surface area contributed by atoms with Crippen molar-refractivity contribution in [2.75, 3.05) is 0 Å². The topological polar surface area (TPSA) is 81.7 Å². The van der Waals surface area contributed by atoms with Crippen molar-refractivity contribution in [3.05, 3.63) is 194 Å². The number of hydrogen-bond donors (Lipinski definition) is 1. The molecule has 1 heterocycles. The molecule has 10 aromatic carbocycles. The summed E-state index contributed by atoms with van der Waals surface area (Å²) in [6.45, 7) is 0. The highest BCUT2D eigenvalue weighted by Crippen LogP contribution is 2.62. The molecule has 0 bridgehead atoms. The summed E-state index contributed by atoms with van der Waals surface area (Å²) in [5, 5.41) is 7.04. The summed E-state index contributed by atoms with van der Waals surface area (Å²) >= 11 is 0. The largest absolute Gasteiger partial charge is 0.526 e. The van der Waals surface area contributed by atoms with Gasteiger partial charge < -0.3 is 9.05 Å². The van der Waals surface area contributed by atoms with Gasteiger partial charge in [-0.05, 0) is 101 Å². The van der Waals surface area contributed by atoms with Crippen molar-refractivity contribution in [2.45, 2.75) is 5.51 Å². The molecule has 1 aliphatic rings. The van der Waals surface area contributed by atoms with Crippen molar-refractivity contribution in [3.63, 3.8) is 0 Å². The Balaban J connectivity index is 1.15. The second kappa shape index (κ2) is 15.0. The molecule has 0 spiro atoms. The van der Waals surface area contributed by atoms with Gasteiger partial charge in [-0.3, -0.25) is 0 Å². The molecule has 0 fully saturated rings. The molecule has 0 unspecified atom stereocenters. The molecule has 0 aliphatic carbocycles. The molecule has 64 heavy (non-hydrogen) atoms. The lowest BCUT2D eigenvalue weighted by molar-refractivity contribution is -0.0443. The molecule has 0 saturated heterocycles. The summed E-state index contributed by atoms with van der Waals surface area (Å²) in [4.78, 5) is 0. The zero-order valence-electron chi connectivity index (χ0n) is 33.5. The Morgan fingerprint density at radius 3 is 1.16 bits per heavy atom. The maximum absolute atomic E-state index is 15.1. The van der Waals surface area contributed by atoms with E-state index in [1.807, 2.05) is 170 Å². The highest BCUT2D eigenvalue weighted by Gasteiger charge is 2.53. The van der Waals surface area contributed by atoms with Gasteiger partial charge in [0.25, 0.3) is 0 Å². The van der Waals surface area contributed by atoms with Crippen LogP contribution in [-0.4, -0.2) is 13.9 Å². The lowest BCUT2D eigenvalue weighted by Gasteiger charge is -2.22. The van der Waals surface area contributed by atoms with Gasteiger partial charge in [-0.25, -0.2) is 13.0 Å². The minimum atomic E-state index is -6.28. The van der Waals surface area contributed by atoms with Gasteiger partial charge in [0.1, 0.15) is 11.5 Å². The maximum atomic E-state index is 15.1. The average Bonchev–Trinajstić information content (AvgIpc) is 3.44. The van der Waals surface area contributed by atoms with E-state index in [0.29, 0.717) is 44.2 Å². The lowest BCUT2D eigenvalue weighted by atomic mass is 9.86. The van der Waals surface area contributed by atoms with Crippen LogP contribution in [0.25, 0.3) is 98.7 Å². The van der Waals surface area contributed by atoms with Gasteiger partial charge in [0.05, 0.1) is 0 Å². The van der Waals surface area contributed by atoms with Crippen LogP contribution < -0.4 is 13.5 Å². The summed E-state index contributed by atoms with van der Waals surface area (Å²) in [5.41, 5.74) is 0.511. The van der Waals surface area contributed by atoms with E-state index in [9.17, 15) is 21.6 Å². The van der Waals surface area contributed by atoms with E-state index in [1.54, 1.807) is 12.1 Å². The van der Waals surface area contributed by atoms with Gasteiger partial charge in [0.15, 0.2) is 0 Å². The molecule has 312 valence electrons. The normalized spacial score (nSPS) is 13.5. The molecule has 10 aromatic rings. The van der Waals surface area contributed by atoms with Gasteiger partial charge in [0.2, 0.25) is 0 Å². The summed E-state index contributed by atoms with van der Waals surface area (Å²) in [7, 11) is -11.8. The fraction of sp³-hybridized carbons (Fsp3) is 0.0189. The minimum absolute atomic E-state index is 0.113. The predicted octanol–water partition coefficient (Wildman–Crippen LogP) is 15.0. The number of sulfonamides is 1. The minimum Gasteiger partial charge on any atom is -0.403 e. The van der Waals surface area contributed by atoms with Gasteiger partial charge in [0, 0.05) is 22.3 Å². The first kappa shape index (κ1) is 39.6. The number of benzene rings is 10. The first-order valence-electron chi connectivity index (χ1n) is 20.3. The highest BCUT2D eigenvalue weighted by atomic mass is 32.2. The molecule has 1 N–H and O–H groups in total. The van der Waals surface area contributed by atoms with E-state index < -0.39 is 23.3 Å². The predicted molar refractivity (Wildman–Crippen MR) is 251 cm³/mol. The van der Waals surface area contributed by atoms with Crippen molar-refractivity contribution in [1.29, 1.82) is 0 Å². The van der Waals surface area contributed by atoms with Crippen LogP contribution in [-0.2, 0) is 14.6 Å². The van der Waals surface area contributed by atoms with Crippen LogP contribution in [0, 0.1) is 0 Å². The summed E-state index contributed by atoms with van der Waals surface area (Å²) in [6.07, 6.45) is 0. The number of halogens is 3. The van der Waals surface area contributed by atoms with Gasteiger partial charge in [-0.1, -0.05) is 174 Å². The number of nitrogens with one attached hydrogen (secondary N) is 1. The Hall–Kier alpha value is -7.23. The SMILES string of the molecule is O=P1(NS(=O)(=O)C(F)(F)F)Oc2c(-c3ccc(-c4ccc5ccccc5c4)cc3)cc3ccccc3c2-c2c(c(-c3ccc(-c4ccc5ccccc5c4)cc3)cc3ccccc23)O1. The second-order valence-corrected chi connectivity index (χ2v) is 19.3. The van der Waals surface area contributed by atoms with Crippen LogP contribution in [0.2, 0.25) is 0 Å². The number of hydrogen-bond acceptors (Lipinski definition) is 5. The molecule has 11 rings (SSSR count). The summed E-state index contributed by atoms with van der Waals surface area (Å²) in [6, 6.07) is 61.9. The smallest absolute Gasteiger partial charge is 0.403 e. The van der Waals surface area contributed by atoms with Gasteiger partial charge in [-0.2, -0.15) is 13.2 Å². The first-order valence-corrected chi connectivity index (χ1v) is 23.3. The fourth-order valence-corrected chi connectivity index (χ4v) is 11.5. The zero-order valence-corrected chi connectivity index (χ0v) is 35.2. The third kappa shape index (κ3) is 6.87. The molecule has 0 saturated carbocycles. The zero-order chi connectivity index (χ0) is 43.8. The van der Waals surface area contributed by atoms with E-state index in [-0.39, 0.29) is 11.5 Å². The molecule has 6 nitrogen and oxygen atoms in total. The monoisotopic (exact) mass is 883 g/mol. The fourth-order valence-electron chi connectivity index (χ4n) is 8.69. The van der Waals surface area contributed by atoms with Crippen molar-refractivity contribution in [3.8, 4) is 67.1 Å². The van der Waals surface area contributed by atoms with E-state index in [0.717, 1.165) is 54.6 Å². The summed E-state index contributed by atoms with van der Waals surface area (Å²) < 4.78 is 97.4. The Morgan fingerprint density at radius 1 is 0.406 bits per heavy atom. The van der Waals surface area contributed by atoms with Crippen molar-refractivity contribution >= 4 is 60.9 Å². The van der Waals surface area contributed by atoms with Crippen LogP contribution >= 0.6 is 7.75 Å². The Labute approximate surface area is 365 Å². The molecule has 0 amide bonds. The molecular formula is C53H33F3NO5PS. The quantitative estimate of drug-likeness (QED) is 0.168. The first-order chi connectivity index (χ1) is 30.9. The third-order valence-corrected chi connectivity index (χ3v) is 15.1. The van der Waals surface area contributed by atoms with E-state index in [2.05, 4.69) is 12.1 Å². The van der Waals surface area contributed by atoms with E-state index >= 15 is 4.57 Å². The number of fused-ring (bicyclic) bond motifs is 9. The van der Waals surface area contributed by atoms with Gasteiger partial charge >= 0.3 is 23.3 Å². The van der Waals surface area contributed by atoms with Crippen LogP contribution in [0.4, 0.5) is 13.2 Å². The molecule has 0 aromatic heterocycles. The molecule has 1 aliphatic heterocycles. The maximum Gasteiger partial charge on any atom is 0.526 e. The number of alkyl halides is 3. The average molecular weight is 884 g/mol. The van der Waals surface area contributed by atoms with Crippen molar-refractivity contribution in [1.82, 2.24) is 4.49 Å². The lowest BCUT2D eigenvalue weighted by Crippen LogP contribution is -2.36. The van der Waals surface area contributed by atoms with Crippen LogP contribution in [0.15, 0.2) is 194 Å². The Morgan fingerprint density at radius 2 is 0.750 bits per heavy atom. The van der Waals surface area contributed by atoms with Crippen molar-refractivity contribution < 1.29 is 35.2 Å². The Bertz CT molecular complexity index is 3470. The van der Waals surface area contributed by atoms with Crippen LogP contribution in [0.1, 0.15) is 0 Å². The van der Waals surface area contributed by atoms with E-state index in [1.165, 1.54) is 4.49 Å². The standard InChI is InChI=1S/C53H33F3NO5PS/c54-53(55,56)64(59,60)57-63(58)61-51-47(37-23-17-35(18-24-37)41-27-21-33-9-1-3-11-39(33)29-41)31-43-13-5-7-15-45(43)49(51)50-46-16-8-6-14-44(46)32-48(52(50)62-63)38-25-19-36(20-26-38)42-28-22-34-10-2-4-12-40(34)30-42/h1-32H,(H,57,58). The highest BCUT2D eigenvalue weighted by molar-refractivity contribution is 7.95. The third-order valence-electron chi connectivity index (χ3n) is 11.8. The molecule has 11 heteroatoms. The van der Waals surface area contributed by atoms with Crippen LogP contribution in [0.3, 0.4) is 0 Å². The van der Waals surface area contributed by atoms with Crippen LogP contribution in [0.5, 0.6) is 11.5 Å². The second-order valence-electron chi connectivity index (χ2n) is 15.7. The summed E-state index contributed by atoms with van der Waals surface area (Å²) in [5.74, 6) is -0.226. The number of rotatable bonds is 6. The van der Waals surface area contributed by atoms with Gasteiger partial charge in [-0.15, -0.1) is 0 Å². The Kier molecular flexibility index (Phi) is 9.25. The molecule has 0 atom stereocenters. The van der Waals surface area contributed by atoms with E-state index in [4.69, 9.17) is 9.05 Å².